The summed E-state index contributed by atoms with van der Waals surface area (Å²) in [4.78, 5) is 2.38. The second-order valence-corrected chi connectivity index (χ2v) is 12.6. The molecule has 0 aromatic heterocycles. The van der Waals surface area contributed by atoms with Gasteiger partial charge in [-0.25, -0.2) is 0 Å². The van der Waals surface area contributed by atoms with E-state index in [4.69, 9.17) is 0 Å². The number of rotatable bonds is 6. The largest absolute Gasteiger partial charge is 0.310 e. The van der Waals surface area contributed by atoms with E-state index in [0.717, 1.165) is 17.1 Å². The maximum atomic E-state index is 2.40. The fourth-order valence-corrected chi connectivity index (χ4v) is 7.21. The van der Waals surface area contributed by atoms with Crippen LogP contribution in [0.4, 0.5) is 17.1 Å². The predicted molar refractivity (Wildman–Crippen MR) is 210 cm³/mol. The molecular weight excluding hydrogens is 591 g/mol. The van der Waals surface area contributed by atoms with Gasteiger partial charge < -0.3 is 4.90 Å². The summed E-state index contributed by atoms with van der Waals surface area (Å²) >= 11 is 0. The van der Waals surface area contributed by atoms with Crippen molar-refractivity contribution in [1.82, 2.24) is 0 Å². The quantitative estimate of drug-likeness (QED) is 0.167. The summed E-state index contributed by atoms with van der Waals surface area (Å²) in [6, 6.07) is 72.4. The zero-order valence-electron chi connectivity index (χ0n) is 27.0. The molecule has 0 saturated carbocycles. The molecule has 0 unspecified atom stereocenters. The monoisotopic (exact) mass is 623 g/mol. The lowest BCUT2D eigenvalue weighted by Gasteiger charge is -2.26. The van der Waals surface area contributed by atoms with E-state index in [0.29, 0.717) is 0 Å². The summed E-state index contributed by atoms with van der Waals surface area (Å²) in [5.74, 6) is 0. The third-order valence-corrected chi connectivity index (χ3v) is 9.65. The van der Waals surface area contributed by atoms with Crippen LogP contribution in [0, 0.1) is 0 Å². The molecule has 9 aromatic carbocycles. The smallest absolute Gasteiger partial charge is 0.0468 e. The Morgan fingerprint density at radius 1 is 0.245 bits per heavy atom. The molecule has 0 aliphatic heterocycles. The van der Waals surface area contributed by atoms with E-state index in [-0.39, 0.29) is 0 Å². The number of fused-ring (bicyclic) bond motifs is 5. The van der Waals surface area contributed by atoms with Crippen LogP contribution in [-0.2, 0) is 0 Å². The summed E-state index contributed by atoms with van der Waals surface area (Å²) in [6.07, 6.45) is 0. The summed E-state index contributed by atoms with van der Waals surface area (Å²) in [5.41, 5.74) is 10.7. The van der Waals surface area contributed by atoms with Crippen LogP contribution >= 0.6 is 0 Å². The molecule has 49 heavy (non-hydrogen) atoms. The first-order valence-electron chi connectivity index (χ1n) is 16.8. The van der Waals surface area contributed by atoms with E-state index in [1.807, 2.05) is 0 Å². The second-order valence-electron chi connectivity index (χ2n) is 12.6. The van der Waals surface area contributed by atoms with Gasteiger partial charge in [0.15, 0.2) is 0 Å². The summed E-state index contributed by atoms with van der Waals surface area (Å²) in [6.45, 7) is 0. The van der Waals surface area contributed by atoms with E-state index in [1.165, 1.54) is 65.7 Å². The van der Waals surface area contributed by atoms with E-state index in [1.54, 1.807) is 0 Å². The molecule has 0 fully saturated rings. The van der Waals surface area contributed by atoms with Crippen molar-refractivity contribution in [3.05, 3.63) is 200 Å². The highest BCUT2D eigenvalue weighted by Gasteiger charge is 2.16. The summed E-state index contributed by atoms with van der Waals surface area (Å²) < 4.78 is 0. The molecule has 0 heterocycles. The van der Waals surface area contributed by atoms with Gasteiger partial charge in [0.1, 0.15) is 0 Å². The van der Waals surface area contributed by atoms with Crippen molar-refractivity contribution in [3.63, 3.8) is 0 Å². The van der Waals surface area contributed by atoms with Crippen molar-refractivity contribution in [2.45, 2.75) is 0 Å². The van der Waals surface area contributed by atoms with E-state index in [9.17, 15) is 0 Å². The van der Waals surface area contributed by atoms with Crippen LogP contribution in [0.5, 0.6) is 0 Å². The van der Waals surface area contributed by atoms with Gasteiger partial charge in [0, 0.05) is 17.1 Å². The van der Waals surface area contributed by atoms with Gasteiger partial charge in [-0.05, 0) is 108 Å². The lowest BCUT2D eigenvalue weighted by molar-refractivity contribution is 1.29. The van der Waals surface area contributed by atoms with Crippen LogP contribution in [0.25, 0.3) is 65.7 Å². The van der Waals surface area contributed by atoms with Gasteiger partial charge >= 0.3 is 0 Å². The Bertz CT molecular complexity index is 2470. The van der Waals surface area contributed by atoms with Crippen molar-refractivity contribution >= 4 is 49.4 Å². The van der Waals surface area contributed by atoms with Crippen molar-refractivity contribution in [1.29, 1.82) is 0 Å². The Hall–Kier alpha value is -6.44. The zero-order valence-corrected chi connectivity index (χ0v) is 27.0. The molecule has 1 nitrogen and oxygen atoms in total. The molecule has 0 N–H and O–H groups in total. The molecular formula is C48H33N. The molecule has 0 radical (unpaired) electrons. The van der Waals surface area contributed by atoms with Crippen molar-refractivity contribution in [2.75, 3.05) is 4.90 Å². The Labute approximate surface area is 287 Å². The highest BCUT2D eigenvalue weighted by molar-refractivity contribution is 6.21. The Kier molecular flexibility index (Phi) is 7.22. The van der Waals surface area contributed by atoms with Gasteiger partial charge in [0.2, 0.25) is 0 Å². The Balaban J connectivity index is 1.24. The molecule has 0 amide bonds. The van der Waals surface area contributed by atoms with Gasteiger partial charge in [-0.15, -0.1) is 0 Å². The van der Waals surface area contributed by atoms with Crippen molar-refractivity contribution < 1.29 is 0 Å². The maximum Gasteiger partial charge on any atom is 0.0468 e. The topological polar surface area (TPSA) is 3.24 Å². The van der Waals surface area contributed by atoms with Crippen molar-refractivity contribution in [2.24, 2.45) is 0 Å². The molecule has 230 valence electrons. The van der Waals surface area contributed by atoms with Gasteiger partial charge in [0.05, 0.1) is 0 Å². The number of nitrogens with zero attached hydrogens (tertiary/aromatic N) is 1. The number of benzene rings is 9. The van der Waals surface area contributed by atoms with Gasteiger partial charge in [-0.1, -0.05) is 158 Å². The Morgan fingerprint density at radius 2 is 0.673 bits per heavy atom. The molecule has 0 aliphatic carbocycles. The predicted octanol–water partition coefficient (Wildman–Crippen LogP) is 13.6. The fraction of sp³-hybridized carbons (Fsp3) is 0. The molecule has 0 aliphatic rings. The zero-order chi connectivity index (χ0) is 32.6. The SMILES string of the molecule is c1ccc(-c2ccc(N(c3ccc(-c4ccccc4)cc3)c3ccc4ccc5c6ccccc6c(-c6ccccc6)cc5c4c3)cc2)cc1. The van der Waals surface area contributed by atoms with Crippen LogP contribution in [0.15, 0.2) is 200 Å². The van der Waals surface area contributed by atoms with E-state index in [2.05, 4.69) is 205 Å². The minimum absolute atomic E-state index is 1.11. The first-order chi connectivity index (χ1) is 24.3. The third-order valence-electron chi connectivity index (χ3n) is 9.65. The average Bonchev–Trinajstić information content (AvgIpc) is 3.19. The van der Waals surface area contributed by atoms with Gasteiger partial charge in [0.25, 0.3) is 0 Å². The molecule has 0 saturated heterocycles. The van der Waals surface area contributed by atoms with Crippen LogP contribution in [0.1, 0.15) is 0 Å². The van der Waals surface area contributed by atoms with E-state index < -0.39 is 0 Å². The summed E-state index contributed by atoms with van der Waals surface area (Å²) in [7, 11) is 0. The first-order valence-corrected chi connectivity index (χ1v) is 16.8. The van der Waals surface area contributed by atoms with E-state index >= 15 is 0 Å². The third kappa shape index (κ3) is 5.32. The molecule has 0 spiro atoms. The molecule has 0 atom stereocenters. The molecule has 9 rings (SSSR count). The number of hydrogen-bond donors (Lipinski definition) is 0. The van der Waals surface area contributed by atoms with Crippen LogP contribution in [0.3, 0.4) is 0 Å². The van der Waals surface area contributed by atoms with Crippen LogP contribution in [-0.4, -0.2) is 0 Å². The highest BCUT2D eigenvalue weighted by Crippen LogP contribution is 2.42. The lowest BCUT2D eigenvalue weighted by atomic mass is 9.91. The standard InChI is InChI=1S/C48H33N/c1-4-12-34(13-5-1)36-20-26-40(27-21-36)49(41-28-22-37(23-29-41)35-14-6-2-7-15-35)42-30-24-39-25-31-45-43-18-10-11-19-44(43)47(33-48(45)46(39)32-42)38-16-8-3-9-17-38/h1-33H. The average molecular weight is 624 g/mol. The van der Waals surface area contributed by atoms with Crippen molar-refractivity contribution in [3.8, 4) is 33.4 Å². The fourth-order valence-electron chi connectivity index (χ4n) is 7.21. The molecule has 9 aromatic rings. The minimum Gasteiger partial charge on any atom is -0.310 e. The second kappa shape index (κ2) is 12.3. The van der Waals surface area contributed by atoms with Gasteiger partial charge in [-0.2, -0.15) is 0 Å². The van der Waals surface area contributed by atoms with Crippen LogP contribution < -0.4 is 4.90 Å². The molecule has 0 bridgehead atoms. The first kappa shape index (κ1) is 28.8. The summed E-state index contributed by atoms with van der Waals surface area (Å²) in [5, 5.41) is 7.54. The van der Waals surface area contributed by atoms with Gasteiger partial charge in [-0.3, -0.25) is 0 Å². The van der Waals surface area contributed by atoms with Crippen LogP contribution in [0.2, 0.25) is 0 Å². The number of anilines is 3. The highest BCUT2D eigenvalue weighted by atomic mass is 15.1. The minimum atomic E-state index is 1.11. The number of hydrogen-bond acceptors (Lipinski definition) is 1. The normalized spacial score (nSPS) is 11.3. The maximum absolute atomic E-state index is 2.40. The molecule has 1 heteroatoms. The lowest BCUT2D eigenvalue weighted by Crippen LogP contribution is -2.09. The Morgan fingerprint density at radius 3 is 1.24 bits per heavy atom.